The van der Waals surface area contributed by atoms with Crippen LogP contribution in [0.3, 0.4) is 0 Å². The summed E-state index contributed by atoms with van der Waals surface area (Å²) in [5, 5.41) is 0. The molecule has 0 N–H and O–H groups in total. The minimum Gasteiger partial charge on any atom is -0.433 e. The van der Waals surface area contributed by atoms with Crippen LogP contribution in [0.25, 0.3) is 0 Å². The Morgan fingerprint density at radius 2 is 1.29 bits per heavy atom. The molecular formula is C9H22O2Si3. The topological polar surface area (TPSA) is 18.5 Å². The van der Waals surface area contributed by atoms with E-state index >= 15 is 0 Å². The Morgan fingerprint density at radius 3 is 1.43 bits per heavy atom. The van der Waals surface area contributed by atoms with Crippen LogP contribution in [0.5, 0.6) is 0 Å². The summed E-state index contributed by atoms with van der Waals surface area (Å²) in [4.78, 5) is 0. The van der Waals surface area contributed by atoms with Crippen LogP contribution >= 0.6 is 0 Å². The number of rotatable bonds is 4. The molecule has 0 saturated heterocycles. The molecule has 1 rings (SSSR count). The minimum absolute atomic E-state index is 1.06. The second-order valence-corrected chi connectivity index (χ2v) is 18.3. The highest BCUT2D eigenvalue weighted by molar-refractivity contribution is 6.92. The number of hydrogen-bond acceptors (Lipinski definition) is 2. The maximum Gasteiger partial charge on any atom is 0.348 e. The molecule has 0 aliphatic carbocycles. The molecule has 1 heterocycles. The monoisotopic (exact) mass is 246 g/mol. The van der Waals surface area contributed by atoms with Crippen LogP contribution in [0.15, 0.2) is 11.8 Å². The fourth-order valence-electron chi connectivity index (χ4n) is 1.52. The molecule has 0 unspecified atom stereocenters. The fourth-order valence-corrected chi connectivity index (χ4v) is 12.2. The lowest BCUT2D eigenvalue weighted by Crippen LogP contribution is -2.56. The third kappa shape index (κ3) is 3.82. The number of allylic oxidation sites excluding steroid dienone is 1. The van der Waals surface area contributed by atoms with Crippen molar-refractivity contribution in [3.05, 3.63) is 11.8 Å². The lowest BCUT2D eigenvalue weighted by molar-refractivity contribution is 0.390. The van der Waals surface area contributed by atoms with Gasteiger partial charge in [-0.2, -0.15) is 0 Å². The van der Waals surface area contributed by atoms with E-state index in [9.17, 15) is 0 Å². The van der Waals surface area contributed by atoms with Gasteiger partial charge in [0.15, 0.2) is 16.6 Å². The highest BCUT2D eigenvalue weighted by Gasteiger charge is 2.45. The van der Waals surface area contributed by atoms with E-state index in [1.165, 1.54) is 0 Å². The van der Waals surface area contributed by atoms with Crippen LogP contribution in [-0.4, -0.2) is 25.2 Å². The lowest BCUT2D eigenvalue weighted by Gasteiger charge is -2.41. The molecule has 0 bridgehead atoms. The summed E-state index contributed by atoms with van der Waals surface area (Å²) in [5.41, 5.74) is 2.21. The van der Waals surface area contributed by atoms with Gasteiger partial charge in [-0.25, -0.2) is 0 Å². The van der Waals surface area contributed by atoms with E-state index in [-0.39, 0.29) is 0 Å². The summed E-state index contributed by atoms with van der Waals surface area (Å²) >= 11 is 0. The van der Waals surface area contributed by atoms with E-state index in [2.05, 4.69) is 51.1 Å². The normalized spacial score (nSPS) is 20.7. The first kappa shape index (κ1) is 12.4. The molecule has 0 amide bonds. The van der Waals surface area contributed by atoms with Crippen molar-refractivity contribution in [3.8, 4) is 0 Å². The summed E-state index contributed by atoms with van der Waals surface area (Å²) in [6.45, 7) is 13.4. The molecule has 1 aliphatic rings. The molecule has 0 aromatic carbocycles. The van der Waals surface area contributed by atoms with Gasteiger partial charge in [0.25, 0.3) is 0 Å². The third-order valence-electron chi connectivity index (χ3n) is 1.73. The van der Waals surface area contributed by atoms with Crippen LogP contribution in [-0.2, 0) is 8.23 Å². The first-order chi connectivity index (χ1) is 6.12. The summed E-state index contributed by atoms with van der Waals surface area (Å²) in [7, 11) is -4.78. The summed E-state index contributed by atoms with van der Waals surface area (Å²) in [5.74, 6) is 0. The molecule has 0 spiro atoms. The summed E-state index contributed by atoms with van der Waals surface area (Å²) in [6, 6.07) is 1.06. The maximum atomic E-state index is 6.24. The standard InChI is InChI=1S/C9H22O2Si3/c1-12(2,3)10-14(8-7-9-14)11-13(4,5)6/h7-8H,9H2,1-6H3. The van der Waals surface area contributed by atoms with Gasteiger partial charge in [0, 0.05) is 6.04 Å². The van der Waals surface area contributed by atoms with Gasteiger partial charge < -0.3 is 8.23 Å². The molecule has 14 heavy (non-hydrogen) atoms. The smallest absolute Gasteiger partial charge is 0.348 e. The van der Waals surface area contributed by atoms with Crippen molar-refractivity contribution >= 4 is 25.2 Å². The Kier molecular flexibility index (Phi) is 3.28. The van der Waals surface area contributed by atoms with Gasteiger partial charge in [0.05, 0.1) is 0 Å². The van der Waals surface area contributed by atoms with E-state index < -0.39 is 25.2 Å². The molecule has 0 aromatic rings. The van der Waals surface area contributed by atoms with E-state index in [1.54, 1.807) is 0 Å². The molecule has 2 nitrogen and oxygen atoms in total. The predicted molar refractivity (Wildman–Crippen MR) is 68.6 cm³/mol. The third-order valence-corrected chi connectivity index (χ3v) is 10.9. The predicted octanol–water partition coefficient (Wildman–Crippen LogP) is 3.24. The molecular weight excluding hydrogens is 224 g/mol. The zero-order valence-corrected chi connectivity index (χ0v) is 13.2. The maximum absolute atomic E-state index is 6.24. The SMILES string of the molecule is C[Si](C)(C)O[Si]1(O[Si](C)(C)C)C=CC1. The Morgan fingerprint density at radius 1 is 0.929 bits per heavy atom. The average molecular weight is 247 g/mol. The molecule has 5 heteroatoms. The van der Waals surface area contributed by atoms with Gasteiger partial charge in [0.1, 0.15) is 0 Å². The van der Waals surface area contributed by atoms with E-state index in [0.29, 0.717) is 0 Å². The van der Waals surface area contributed by atoms with Gasteiger partial charge in [-0.1, -0.05) is 6.08 Å². The van der Waals surface area contributed by atoms with Crippen molar-refractivity contribution in [1.82, 2.24) is 0 Å². The molecule has 0 fully saturated rings. The zero-order chi connectivity index (χ0) is 11.0. The second-order valence-electron chi connectivity index (χ2n) is 5.85. The largest absolute Gasteiger partial charge is 0.433 e. The second kappa shape index (κ2) is 3.71. The highest BCUT2D eigenvalue weighted by atomic mass is 28.5. The van der Waals surface area contributed by atoms with Crippen LogP contribution in [0, 0.1) is 0 Å². The van der Waals surface area contributed by atoms with Gasteiger partial charge in [0.2, 0.25) is 0 Å². The molecule has 1 aliphatic heterocycles. The van der Waals surface area contributed by atoms with Crippen molar-refractivity contribution in [2.75, 3.05) is 0 Å². The van der Waals surface area contributed by atoms with Crippen LogP contribution in [0.1, 0.15) is 0 Å². The van der Waals surface area contributed by atoms with Crippen molar-refractivity contribution < 1.29 is 8.23 Å². The van der Waals surface area contributed by atoms with Gasteiger partial charge in [-0.3, -0.25) is 0 Å². The molecule has 0 radical (unpaired) electrons. The lowest BCUT2D eigenvalue weighted by atomic mass is 10.7. The molecule has 0 atom stereocenters. The Balaban J connectivity index is 2.65. The average Bonchev–Trinajstić information content (AvgIpc) is 1.75. The highest BCUT2D eigenvalue weighted by Crippen LogP contribution is 2.31. The van der Waals surface area contributed by atoms with E-state index in [0.717, 1.165) is 6.04 Å². The molecule has 82 valence electrons. The summed E-state index contributed by atoms with van der Waals surface area (Å²) in [6.07, 6.45) is 2.19. The van der Waals surface area contributed by atoms with Crippen LogP contribution in [0.4, 0.5) is 0 Å². The van der Waals surface area contributed by atoms with Crippen molar-refractivity contribution in [2.24, 2.45) is 0 Å². The van der Waals surface area contributed by atoms with Crippen molar-refractivity contribution in [1.29, 1.82) is 0 Å². The minimum atomic E-state index is -1.87. The van der Waals surface area contributed by atoms with Gasteiger partial charge >= 0.3 is 8.56 Å². The van der Waals surface area contributed by atoms with Crippen molar-refractivity contribution in [2.45, 2.75) is 45.3 Å². The van der Waals surface area contributed by atoms with Crippen LogP contribution < -0.4 is 0 Å². The Bertz CT molecular complexity index is 221. The first-order valence-corrected chi connectivity index (χ1v) is 14.1. The van der Waals surface area contributed by atoms with Crippen LogP contribution in [0.2, 0.25) is 45.3 Å². The van der Waals surface area contributed by atoms with Gasteiger partial charge in [-0.15, -0.1) is 0 Å². The Labute approximate surface area is 90.8 Å². The molecule has 0 saturated carbocycles. The summed E-state index contributed by atoms with van der Waals surface area (Å²) < 4.78 is 12.5. The van der Waals surface area contributed by atoms with E-state index in [4.69, 9.17) is 8.23 Å². The van der Waals surface area contributed by atoms with Gasteiger partial charge in [-0.05, 0) is 45.0 Å². The zero-order valence-electron chi connectivity index (χ0n) is 10.2. The fraction of sp³-hybridized carbons (Fsp3) is 0.778. The molecule has 0 aromatic heterocycles. The Hall–Kier alpha value is 0.311. The van der Waals surface area contributed by atoms with E-state index in [1.807, 2.05) is 0 Å². The number of hydrogen-bond donors (Lipinski definition) is 0. The van der Waals surface area contributed by atoms with Crippen molar-refractivity contribution in [3.63, 3.8) is 0 Å². The quantitative estimate of drug-likeness (QED) is 0.709. The first-order valence-electron chi connectivity index (χ1n) is 5.20.